The smallest absolute Gasteiger partial charge is 0.243 e. The average molecular weight is 392 g/mol. The first-order chi connectivity index (χ1) is 13.1. The molecule has 2 rings (SSSR count). The van der Waals surface area contributed by atoms with Gasteiger partial charge in [-0.3, -0.25) is 14.4 Å². The van der Waals surface area contributed by atoms with Crippen LogP contribution in [0.15, 0.2) is 30.3 Å². The molecule has 7 heteroatoms. The van der Waals surface area contributed by atoms with Gasteiger partial charge in [0.05, 0.1) is 0 Å². The average Bonchev–Trinajstić information content (AvgIpc) is 2.67. The van der Waals surface area contributed by atoms with Crippen molar-refractivity contribution < 1.29 is 14.4 Å². The minimum atomic E-state index is -0.690. The molecule has 1 saturated heterocycles. The van der Waals surface area contributed by atoms with Crippen molar-refractivity contribution in [1.29, 1.82) is 0 Å². The third-order valence-electron chi connectivity index (χ3n) is 4.56. The normalized spacial score (nSPS) is 22.5. The van der Waals surface area contributed by atoms with E-state index in [1.807, 2.05) is 36.6 Å². The van der Waals surface area contributed by atoms with Gasteiger partial charge in [-0.2, -0.15) is 11.8 Å². The van der Waals surface area contributed by atoms with Gasteiger partial charge in [0.1, 0.15) is 12.1 Å². The summed E-state index contributed by atoms with van der Waals surface area (Å²) in [6, 6.07) is 8.31. The Balaban J connectivity index is 2.15. The predicted octanol–water partition coefficient (Wildman–Crippen LogP) is 1.64. The summed E-state index contributed by atoms with van der Waals surface area (Å²) in [6.07, 6.45) is 5.76. The van der Waals surface area contributed by atoms with Crippen LogP contribution < -0.4 is 16.0 Å². The van der Waals surface area contributed by atoms with E-state index >= 15 is 0 Å². The van der Waals surface area contributed by atoms with E-state index in [-0.39, 0.29) is 17.7 Å². The minimum absolute atomic E-state index is 0.120. The predicted molar refractivity (Wildman–Crippen MR) is 108 cm³/mol. The Kier molecular flexibility index (Phi) is 9.18. The quantitative estimate of drug-likeness (QED) is 0.712. The Morgan fingerprint density at radius 3 is 2.48 bits per heavy atom. The number of carbonyl (C=O) groups excluding carboxylic acids is 3. The lowest BCUT2D eigenvalue weighted by Crippen LogP contribution is -2.54. The first kappa shape index (κ1) is 21.3. The van der Waals surface area contributed by atoms with Crippen LogP contribution in [0.5, 0.6) is 0 Å². The van der Waals surface area contributed by atoms with Gasteiger partial charge in [-0.1, -0.05) is 36.8 Å². The van der Waals surface area contributed by atoms with Gasteiger partial charge >= 0.3 is 0 Å². The van der Waals surface area contributed by atoms with E-state index in [4.69, 9.17) is 0 Å². The van der Waals surface area contributed by atoms with Crippen LogP contribution in [0.2, 0.25) is 0 Å². The fourth-order valence-electron chi connectivity index (χ4n) is 3.02. The third kappa shape index (κ3) is 7.62. The van der Waals surface area contributed by atoms with E-state index in [0.717, 1.165) is 30.6 Å². The molecule has 6 nitrogen and oxygen atoms in total. The first-order valence-electron chi connectivity index (χ1n) is 9.50. The summed E-state index contributed by atoms with van der Waals surface area (Å²) in [6.45, 7) is 0.569. The lowest BCUT2D eigenvalue weighted by Gasteiger charge is -2.23. The fraction of sp³-hybridized carbons (Fsp3) is 0.550. The van der Waals surface area contributed by atoms with Gasteiger partial charge in [-0.15, -0.1) is 0 Å². The highest BCUT2D eigenvalue weighted by atomic mass is 32.2. The van der Waals surface area contributed by atoms with Crippen molar-refractivity contribution in [2.24, 2.45) is 0 Å². The second-order valence-electron chi connectivity index (χ2n) is 6.75. The Hall–Kier alpha value is -2.02. The highest BCUT2D eigenvalue weighted by Gasteiger charge is 2.27. The second kappa shape index (κ2) is 11.6. The van der Waals surface area contributed by atoms with Crippen molar-refractivity contribution in [3.63, 3.8) is 0 Å². The first-order valence-corrected chi connectivity index (χ1v) is 10.9. The van der Waals surface area contributed by atoms with Crippen molar-refractivity contribution >= 4 is 29.5 Å². The summed E-state index contributed by atoms with van der Waals surface area (Å²) in [5, 5.41) is 8.62. The number of benzene rings is 1. The zero-order valence-corrected chi connectivity index (χ0v) is 16.6. The molecule has 1 aromatic carbocycles. The number of hydrogen-bond donors (Lipinski definition) is 3. The topological polar surface area (TPSA) is 87.3 Å². The number of nitrogens with one attached hydrogen (secondary N) is 3. The fourth-order valence-corrected chi connectivity index (χ4v) is 3.50. The molecule has 1 aliphatic heterocycles. The zero-order valence-electron chi connectivity index (χ0n) is 15.8. The van der Waals surface area contributed by atoms with Crippen LogP contribution in [0.1, 0.15) is 37.7 Å². The van der Waals surface area contributed by atoms with Crippen LogP contribution in [0.4, 0.5) is 0 Å². The number of carbonyl (C=O) groups is 3. The molecule has 0 bridgehead atoms. The maximum absolute atomic E-state index is 12.9. The lowest BCUT2D eigenvalue weighted by molar-refractivity contribution is -0.132. The molecule has 0 aliphatic carbocycles. The van der Waals surface area contributed by atoms with Gasteiger partial charge in [-0.25, -0.2) is 0 Å². The summed E-state index contributed by atoms with van der Waals surface area (Å²) in [5.41, 5.74) is 0.965. The van der Waals surface area contributed by atoms with Gasteiger partial charge in [0.25, 0.3) is 0 Å². The van der Waals surface area contributed by atoms with E-state index in [1.165, 1.54) is 0 Å². The molecule has 1 heterocycles. The molecule has 0 unspecified atom stereocenters. The highest BCUT2D eigenvalue weighted by molar-refractivity contribution is 7.98. The molecule has 3 N–H and O–H groups in total. The largest absolute Gasteiger partial charge is 0.354 e. The maximum atomic E-state index is 12.9. The van der Waals surface area contributed by atoms with E-state index in [0.29, 0.717) is 25.8 Å². The molecule has 0 spiro atoms. The summed E-state index contributed by atoms with van der Waals surface area (Å²) < 4.78 is 0. The van der Waals surface area contributed by atoms with E-state index in [9.17, 15) is 14.4 Å². The molecule has 1 fully saturated rings. The van der Waals surface area contributed by atoms with E-state index < -0.39 is 12.1 Å². The van der Waals surface area contributed by atoms with Gasteiger partial charge in [0, 0.05) is 19.4 Å². The van der Waals surface area contributed by atoms with Crippen LogP contribution in [-0.4, -0.2) is 48.4 Å². The van der Waals surface area contributed by atoms with E-state index in [1.54, 1.807) is 11.8 Å². The maximum Gasteiger partial charge on any atom is 0.243 e. The van der Waals surface area contributed by atoms with Gasteiger partial charge in [0.15, 0.2) is 0 Å². The summed E-state index contributed by atoms with van der Waals surface area (Å²) in [5.74, 6) is 0.188. The molecule has 1 aromatic rings. The molecule has 0 saturated carbocycles. The molecule has 0 aromatic heterocycles. The van der Waals surface area contributed by atoms with Crippen molar-refractivity contribution in [3.8, 4) is 0 Å². The summed E-state index contributed by atoms with van der Waals surface area (Å²) in [4.78, 5) is 37.6. The molecule has 3 amide bonds. The third-order valence-corrected chi connectivity index (χ3v) is 5.20. The van der Waals surface area contributed by atoms with Crippen molar-refractivity contribution in [2.75, 3.05) is 18.6 Å². The molecular formula is C20H29N3O3S. The Morgan fingerprint density at radius 2 is 1.74 bits per heavy atom. The lowest BCUT2D eigenvalue weighted by atomic mass is 10.0. The molecule has 0 radical (unpaired) electrons. The monoisotopic (exact) mass is 391 g/mol. The zero-order chi connectivity index (χ0) is 19.5. The van der Waals surface area contributed by atoms with Crippen molar-refractivity contribution in [1.82, 2.24) is 16.0 Å². The molecular weight excluding hydrogens is 362 g/mol. The minimum Gasteiger partial charge on any atom is -0.354 e. The molecule has 2 atom stereocenters. The van der Waals surface area contributed by atoms with Crippen LogP contribution >= 0.6 is 11.8 Å². The van der Waals surface area contributed by atoms with Crippen molar-refractivity contribution in [3.05, 3.63) is 35.9 Å². The number of hydrogen-bond acceptors (Lipinski definition) is 4. The van der Waals surface area contributed by atoms with Gasteiger partial charge < -0.3 is 16.0 Å². The molecule has 1 aliphatic rings. The SMILES string of the molecule is CSCC[C@@H]1NC(=O)[C@H](Cc2ccccc2)NC(=O)CCCCCNC1=O. The van der Waals surface area contributed by atoms with Crippen molar-refractivity contribution in [2.45, 2.75) is 50.6 Å². The number of rotatable bonds is 5. The second-order valence-corrected chi connectivity index (χ2v) is 7.74. The molecule has 148 valence electrons. The summed E-state index contributed by atoms with van der Waals surface area (Å²) >= 11 is 1.63. The van der Waals surface area contributed by atoms with E-state index in [2.05, 4.69) is 16.0 Å². The Bertz CT molecular complexity index is 624. The number of thioether (sulfide) groups is 1. The molecule has 27 heavy (non-hydrogen) atoms. The Morgan fingerprint density at radius 1 is 0.963 bits per heavy atom. The highest BCUT2D eigenvalue weighted by Crippen LogP contribution is 2.08. The Labute approximate surface area is 165 Å². The number of amides is 3. The van der Waals surface area contributed by atoms with Crippen LogP contribution in [0, 0.1) is 0 Å². The summed E-state index contributed by atoms with van der Waals surface area (Å²) in [7, 11) is 0. The van der Waals surface area contributed by atoms with Crippen LogP contribution in [0.25, 0.3) is 0 Å². The van der Waals surface area contributed by atoms with Gasteiger partial charge in [0.2, 0.25) is 17.7 Å². The van der Waals surface area contributed by atoms with Crippen LogP contribution in [0.3, 0.4) is 0 Å². The standard InChI is InChI=1S/C20H29N3O3S/c1-27-13-11-16-19(25)21-12-7-3-6-10-18(24)22-17(20(26)23-16)14-15-8-4-2-5-9-15/h2,4-5,8-9,16-17H,3,6-7,10-14H2,1H3,(H,21,25)(H,22,24)(H,23,26)/t16-,17-/m0/s1. The van der Waals surface area contributed by atoms with Gasteiger partial charge in [-0.05, 0) is 36.8 Å². The van der Waals surface area contributed by atoms with Crippen LogP contribution in [-0.2, 0) is 20.8 Å².